The first-order chi connectivity index (χ1) is 20.6. The van der Waals surface area contributed by atoms with Crippen LogP contribution in [-0.4, -0.2) is 24.9 Å². The van der Waals surface area contributed by atoms with E-state index in [-0.39, 0.29) is 41.6 Å². The summed E-state index contributed by atoms with van der Waals surface area (Å²) in [6.07, 6.45) is 6.22. The summed E-state index contributed by atoms with van der Waals surface area (Å²) >= 11 is 0. The quantitative estimate of drug-likeness (QED) is 0.0740. The Labute approximate surface area is 242 Å². The highest BCUT2D eigenvalue weighted by Crippen LogP contribution is 2.45. The topological polar surface area (TPSA) is 150 Å². The maximum absolute atomic E-state index is 11.6. The van der Waals surface area contributed by atoms with Gasteiger partial charge in [0.05, 0.1) is 17.6 Å². The number of benzene rings is 1. The Kier molecular flexibility index (Phi) is 9.93. The summed E-state index contributed by atoms with van der Waals surface area (Å²) in [4.78, 5) is 27.7. The van der Waals surface area contributed by atoms with Gasteiger partial charge >= 0.3 is 17.2 Å². The molecule has 0 saturated heterocycles. The molecule has 15 heteroatoms. The molecule has 0 spiro atoms. The summed E-state index contributed by atoms with van der Waals surface area (Å²) in [5.74, 6) is 1.07. The van der Waals surface area contributed by atoms with Gasteiger partial charge in [0.15, 0.2) is 0 Å². The second-order valence-electron chi connectivity index (χ2n) is 7.90. The van der Waals surface area contributed by atoms with Crippen LogP contribution in [0, 0.1) is 10.1 Å². The van der Waals surface area contributed by atoms with Gasteiger partial charge in [-0.2, -0.15) is 0 Å². The van der Waals surface area contributed by atoms with E-state index >= 15 is 0 Å². The van der Waals surface area contributed by atoms with E-state index in [0.29, 0.717) is 5.56 Å². The minimum Gasteiger partial charge on any atom is -0.408 e. The molecule has 4 heterocycles. The third-order valence-electron chi connectivity index (χ3n) is 4.98. The molecule has 0 bridgehead atoms. The normalized spacial score (nSPS) is 10.7. The fourth-order valence-electron chi connectivity index (χ4n) is 3.10. The summed E-state index contributed by atoms with van der Waals surface area (Å²) in [6.45, 7) is -0.130. The fourth-order valence-corrected chi connectivity index (χ4v) is 4.97. The number of nitro benzene ring substituents is 1. The van der Waals surface area contributed by atoms with E-state index in [1.54, 1.807) is 97.6 Å². The van der Waals surface area contributed by atoms with Gasteiger partial charge in [-0.3, -0.25) is 14.6 Å². The van der Waals surface area contributed by atoms with Crippen LogP contribution in [0.1, 0.15) is 5.56 Å². The summed E-state index contributed by atoms with van der Waals surface area (Å²) < 4.78 is 35.5. The lowest BCUT2D eigenvalue weighted by Gasteiger charge is -2.19. The Morgan fingerprint density at radius 3 is 1.45 bits per heavy atom. The molecule has 0 radical (unpaired) electrons. The predicted molar refractivity (Wildman–Crippen MR) is 152 cm³/mol. The van der Waals surface area contributed by atoms with Crippen LogP contribution in [0.25, 0.3) is 0 Å². The number of rotatable bonds is 14. The Balaban J connectivity index is 1.39. The number of aromatic nitrogens is 4. The molecule has 4 aromatic heterocycles. The van der Waals surface area contributed by atoms with Crippen LogP contribution in [0.15, 0.2) is 116 Å². The van der Waals surface area contributed by atoms with Gasteiger partial charge in [0.25, 0.3) is 5.69 Å². The molecule has 5 aromatic rings. The van der Waals surface area contributed by atoms with Crippen molar-refractivity contribution in [2.75, 3.05) is 0 Å². The van der Waals surface area contributed by atoms with Gasteiger partial charge in [-0.1, -0.05) is 24.3 Å². The van der Waals surface area contributed by atoms with Crippen molar-refractivity contribution in [2.45, 2.75) is 6.61 Å². The molecule has 212 valence electrons. The lowest BCUT2D eigenvalue weighted by Crippen LogP contribution is -2.07. The maximum atomic E-state index is 11.6. The molecule has 0 aliphatic heterocycles. The van der Waals surface area contributed by atoms with Gasteiger partial charge in [-0.15, -0.1) is 0 Å². The predicted octanol–water partition coefficient (Wildman–Crippen LogP) is 6.84. The average Bonchev–Trinajstić information content (AvgIpc) is 3.02. The maximum Gasteiger partial charge on any atom is 0.532 e. The number of non-ortho nitro benzene ring substituents is 1. The number of nitro groups is 1. The molecule has 42 heavy (non-hydrogen) atoms. The number of hydrogen-bond donors (Lipinski definition) is 0. The van der Waals surface area contributed by atoms with E-state index in [9.17, 15) is 10.1 Å². The van der Waals surface area contributed by atoms with Crippen LogP contribution in [0.5, 0.6) is 29.3 Å². The third kappa shape index (κ3) is 8.52. The molecule has 13 nitrogen and oxygen atoms in total. The van der Waals surface area contributed by atoms with Crippen molar-refractivity contribution in [1.82, 2.24) is 19.9 Å². The van der Waals surface area contributed by atoms with Crippen LogP contribution in [0.2, 0.25) is 0 Å². The minimum atomic E-state index is -2.22. The van der Waals surface area contributed by atoms with Gasteiger partial charge in [-0.05, 0) is 30.3 Å². The first-order valence-electron chi connectivity index (χ1n) is 12.2. The van der Waals surface area contributed by atoms with E-state index in [1.807, 2.05) is 0 Å². The van der Waals surface area contributed by atoms with Gasteiger partial charge in [0.2, 0.25) is 23.5 Å². The summed E-state index contributed by atoms with van der Waals surface area (Å²) in [5, 5.41) is 11.6. The van der Waals surface area contributed by atoms with Crippen molar-refractivity contribution in [2.24, 2.45) is 0 Å². The molecule has 0 aliphatic rings. The van der Waals surface area contributed by atoms with E-state index in [4.69, 9.17) is 27.1 Å². The van der Waals surface area contributed by atoms with Crippen LogP contribution >= 0.6 is 17.2 Å². The molecule has 0 amide bonds. The van der Waals surface area contributed by atoms with E-state index in [1.165, 1.54) is 18.2 Å². The standard InChI is InChI=1S/C27H21N5O8P2/c33-32(34)22-14-13-21(20-35-41(37-24-9-1-5-15-28-24)38-25-10-2-6-16-29-25)23(19-22)36-42(39-26-11-3-7-17-30-26)40-27-12-4-8-18-31-27/h1-19H,20H2. The Hall–Kier alpha value is -4.96. The van der Waals surface area contributed by atoms with Crippen molar-refractivity contribution >= 4 is 22.9 Å². The van der Waals surface area contributed by atoms with E-state index < -0.39 is 22.1 Å². The second kappa shape index (κ2) is 14.6. The molecule has 0 saturated carbocycles. The molecule has 5 rings (SSSR count). The van der Waals surface area contributed by atoms with Gasteiger partial charge < -0.3 is 22.6 Å². The monoisotopic (exact) mass is 605 g/mol. The number of hydrogen-bond acceptors (Lipinski definition) is 12. The molecule has 0 aliphatic carbocycles. The third-order valence-corrected chi connectivity index (χ3v) is 7.01. The molecule has 1 aromatic carbocycles. The van der Waals surface area contributed by atoms with Crippen molar-refractivity contribution in [1.29, 1.82) is 0 Å². The first kappa shape index (κ1) is 28.6. The molecular formula is C27H21N5O8P2. The largest absolute Gasteiger partial charge is 0.532 e. The Bertz CT molecular complexity index is 1480. The summed E-state index contributed by atoms with van der Waals surface area (Å²) in [5.41, 5.74) is 0.209. The Morgan fingerprint density at radius 2 is 1.05 bits per heavy atom. The molecule has 0 fully saturated rings. The second-order valence-corrected chi connectivity index (χ2v) is 9.96. The molecule has 0 unspecified atom stereocenters. The van der Waals surface area contributed by atoms with Crippen molar-refractivity contribution in [3.05, 3.63) is 131 Å². The highest BCUT2D eigenvalue weighted by atomic mass is 31.2. The zero-order valence-corrected chi connectivity index (χ0v) is 23.4. The van der Waals surface area contributed by atoms with Crippen LogP contribution in [0.4, 0.5) is 5.69 Å². The number of nitrogens with zero attached hydrogens (tertiary/aromatic N) is 5. The highest BCUT2D eigenvalue weighted by Gasteiger charge is 2.26. The smallest absolute Gasteiger partial charge is 0.408 e. The fraction of sp³-hybridized carbons (Fsp3) is 0.0370. The average molecular weight is 605 g/mol. The zero-order chi connectivity index (χ0) is 29.0. The lowest BCUT2D eigenvalue weighted by atomic mass is 10.2. The number of pyridine rings is 4. The van der Waals surface area contributed by atoms with E-state index in [0.717, 1.165) is 0 Å². The molecular weight excluding hydrogens is 584 g/mol. The lowest BCUT2D eigenvalue weighted by molar-refractivity contribution is -0.384. The van der Waals surface area contributed by atoms with Crippen LogP contribution in [-0.2, 0) is 11.1 Å². The summed E-state index contributed by atoms with van der Waals surface area (Å²) in [7, 11) is -4.28. The Morgan fingerprint density at radius 1 is 0.595 bits per heavy atom. The van der Waals surface area contributed by atoms with Crippen molar-refractivity contribution < 1.29 is 32.1 Å². The molecule has 0 atom stereocenters. The zero-order valence-electron chi connectivity index (χ0n) is 21.6. The first-order valence-corrected chi connectivity index (χ1v) is 14.4. The van der Waals surface area contributed by atoms with Crippen LogP contribution < -0.4 is 22.6 Å². The van der Waals surface area contributed by atoms with Gasteiger partial charge in [0.1, 0.15) is 5.75 Å². The van der Waals surface area contributed by atoms with Gasteiger partial charge in [0, 0.05) is 60.7 Å². The minimum absolute atomic E-state index is 0.0767. The van der Waals surface area contributed by atoms with Gasteiger partial charge in [-0.25, -0.2) is 19.9 Å². The van der Waals surface area contributed by atoms with E-state index in [2.05, 4.69) is 19.9 Å². The molecule has 0 N–H and O–H groups in total. The van der Waals surface area contributed by atoms with Crippen molar-refractivity contribution in [3.8, 4) is 29.3 Å². The highest BCUT2D eigenvalue weighted by molar-refractivity contribution is 7.43. The summed E-state index contributed by atoms with van der Waals surface area (Å²) in [6, 6.07) is 24.5. The van der Waals surface area contributed by atoms with Crippen molar-refractivity contribution in [3.63, 3.8) is 0 Å². The SMILES string of the molecule is O=[N+]([O-])c1ccc(COP(Oc2ccccn2)Oc2ccccn2)c(OP(Oc2ccccn2)Oc2ccccn2)c1. The van der Waals surface area contributed by atoms with Crippen LogP contribution in [0.3, 0.4) is 0 Å².